The van der Waals surface area contributed by atoms with Crippen LogP contribution in [0.4, 0.5) is 0 Å². The molecule has 0 bridgehead atoms. The Kier molecular flexibility index (Phi) is 6.87. The van der Waals surface area contributed by atoms with Crippen molar-refractivity contribution in [3.63, 3.8) is 0 Å². The minimum Gasteiger partial charge on any atom is -0.491 e. The first-order valence-electron chi connectivity index (χ1n) is 8.74. The highest BCUT2D eigenvalue weighted by Gasteiger charge is 2.18. The second-order valence-corrected chi connectivity index (χ2v) is 6.36. The van der Waals surface area contributed by atoms with Crippen LogP contribution in [-0.2, 0) is 11.3 Å². The highest BCUT2D eigenvalue weighted by Crippen LogP contribution is 2.17. The first-order valence-corrected chi connectivity index (χ1v) is 8.74. The van der Waals surface area contributed by atoms with Gasteiger partial charge in [-0.05, 0) is 62.6 Å². The summed E-state index contributed by atoms with van der Waals surface area (Å²) >= 11 is 0. The molecule has 2 aromatic rings. The zero-order chi connectivity index (χ0) is 18.2. The number of carbonyl (C=O) groups excluding carboxylic acids is 1. The van der Waals surface area contributed by atoms with Gasteiger partial charge in [0.15, 0.2) is 6.10 Å². The molecule has 0 aromatic heterocycles. The van der Waals surface area contributed by atoms with E-state index < -0.39 is 6.10 Å². The molecule has 2 aromatic carbocycles. The average Bonchev–Trinajstić information content (AvgIpc) is 2.57. The van der Waals surface area contributed by atoms with Crippen molar-refractivity contribution in [3.05, 3.63) is 59.7 Å². The fourth-order valence-corrected chi connectivity index (χ4v) is 2.48. The van der Waals surface area contributed by atoms with Gasteiger partial charge in [-0.25, -0.2) is 0 Å². The number of ether oxygens (including phenoxy) is 2. The van der Waals surface area contributed by atoms with E-state index in [9.17, 15) is 4.79 Å². The molecule has 25 heavy (non-hydrogen) atoms. The molecule has 0 aliphatic carbocycles. The van der Waals surface area contributed by atoms with Gasteiger partial charge in [-0.3, -0.25) is 4.79 Å². The number of amides is 1. The molecule has 0 saturated carbocycles. The van der Waals surface area contributed by atoms with Gasteiger partial charge in [0.1, 0.15) is 11.5 Å². The minimum absolute atomic E-state index is 0.112. The van der Waals surface area contributed by atoms with Crippen LogP contribution in [0.3, 0.4) is 0 Å². The smallest absolute Gasteiger partial charge is 0.261 e. The predicted molar refractivity (Wildman–Crippen MR) is 99.9 cm³/mol. The number of nitrogens with one attached hydrogen (secondary N) is 1. The topological polar surface area (TPSA) is 47.6 Å². The third-order valence-corrected chi connectivity index (χ3v) is 3.67. The molecule has 1 amide bonds. The van der Waals surface area contributed by atoms with Crippen molar-refractivity contribution < 1.29 is 14.3 Å². The van der Waals surface area contributed by atoms with Crippen LogP contribution < -0.4 is 14.8 Å². The Balaban J connectivity index is 1.93. The van der Waals surface area contributed by atoms with Crippen LogP contribution in [-0.4, -0.2) is 18.1 Å². The number of aryl methyl sites for hydroxylation is 1. The van der Waals surface area contributed by atoms with Crippen LogP contribution in [0.2, 0.25) is 0 Å². The molecule has 4 nitrogen and oxygen atoms in total. The van der Waals surface area contributed by atoms with Gasteiger partial charge in [-0.2, -0.15) is 0 Å². The molecule has 2 rings (SSSR count). The zero-order valence-corrected chi connectivity index (χ0v) is 15.4. The second kappa shape index (κ2) is 9.11. The zero-order valence-electron chi connectivity index (χ0n) is 15.4. The van der Waals surface area contributed by atoms with Crippen molar-refractivity contribution in [2.24, 2.45) is 0 Å². The summed E-state index contributed by atoms with van der Waals surface area (Å²) in [6, 6.07) is 15.5. The summed E-state index contributed by atoms with van der Waals surface area (Å²) in [5.41, 5.74) is 2.10. The van der Waals surface area contributed by atoms with Crippen LogP contribution >= 0.6 is 0 Å². The lowest BCUT2D eigenvalue weighted by Crippen LogP contribution is -2.37. The lowest BCUT2D eigenvalue weighted by molar-refractivity contribution is -0.128. The highest BCUT2D eigenvalue weighted by atomic mass is 16.5. The molecule has 1 N–H and O–H groups in total. The molecule has 0 unspecified atom stereocenters. The molecule has 0 fully saturated rings. The van der Waals surface area contributed by atoms with Crippen LogP contribution in [0, 0.1) is 6.92 Å². The Hall–Kier alpha value is -2.49. The van der Waals surface area contributed by atoms with Crippen molar-refractivity contribution in [1.29, 1.82) is 0 Å². The van der Waals surface area contributed by atoms with Crippen molar-refractivity contribution in [2.45, 2.75) is 52.9 Å². The Morgan fingerprint density at radius 2 is 1.72 bits per heavy atom. The molecule has 134 valence electrons. The van der Waals surface area contributed by atoms with E-state index in [4.69, 9.17) is 9.47 Å². The summed E-state index contributed by atoms with van der Waals surface area (Å²) in [4.78, 5) is 12.4. The SMILES string of the molecule is CC[C@@H](Oc1cccc(C)c1)C(=O)NCc1cccc(OC(C)C)c1. The predicted octanol–water partition coefficient (Wildman–Crippen LogP) is 4.26. The van der Waals surface area contributed by atoms with E-state index in [0.29, 0.717) is 18.7 Å². The quantitative estimate of drug-likeness (QED) is 0.780. The van der Waals surface area contributed by atoms with E-state index in [-0.39, 0.29) is 12.0 Å². The van der Waals surface area contributed by atoms with E-state index in [1.165, 1.54) is 0 Å². The molecule has 4 heteroatoms. The van der Waals surface area contributed by atoms with E-state index in [2.05, 4.69) is 5.32 Å². The Morgan fingerprint density at radius 3 is 2.36 bits per heavy atom. The molecule has 0 saturated heterocycles. The van der Waals surface area contributed by atoms with Gasteiger partial charge in [-0.1, -0.05) is 31.2 Å². The second-order valence-electron chi connectivity index (χ2n) is 6.36. The van der Waals surface area contributed by atoms with Gasteiger partial charge >= 0.3 is 0 Å². The fraction of sp³-hybridized carbons (Fsp3) is 0.381. The lowest BCUT2D eigenvalue weighted by atomic mass is 10.2. The summed E-state index contributed by atoms with van der Waals surface area (Å²) < 4.78 is 11.5. The maximum Gasteiger partial charge on any atom is 0.261 e. The Bertz CT molecular complexity index is 697. The Morgan fingerprint density at radius 1 is 1.04 bits per heavy atom. The molecule has 0 radical (unpaired) electrons. The summed E-state index contributed by atoms with van der Waals surface area (Å²) in [5, 5.41) is 2.95. The van der Waals surface area contributed by atoms with Crippen molar-refractivity contribution in [2.75, 3.05) is 0 Å². The number of carbonyl (C=O) groups is 1. The van der Waals surface area contributed by atoms with E-state index >= 15 is 0 Å². The molecular formula is C21H27NO3. The van der Waals surface area contributed by atoms with Crippen LogP contribution in [0.1, 0.15) is 38.3 Å². The van der Waals surface area contributed by atoms with Crippen LogP contribution in [0.25, 0.3) is 0 Å². The minimum atomic E-state index is -0.503. The van der Waals surface area contributed by atoms with Crippen LogP contribution in [0.15, 0.2) is 48.5 Å². The third-order valence-electron chi connectivity index (χ3n) is 3.67. The number of hydrogen-bond acceptors (Lipinski definition) is 3. The number of hydrogen-bond donors (Lipinski definition) is 1. The maximum atomic E-state index is 12.4. The van der Waals surface area contributed by atoms with Gasteiger partial charge < -0.3 is 14.8 Å². The summed E-state index contributed by atoms with van der Waals surface area (Å²) in [7, 11) is 0. The maximum absolute atomic E-state index is 12.4. The van der Waals surface area contributed by atoms with Gasteiger partial charge in [-0.15, -0.1) is 0 Å². The summed E-state index contributed by atoms with van der Waals surface area (Å²) in [6.07, 6.45) is 0.227. The first-order chi connectivity index (χ1) is 12.0. The Labute approximate surface area is 150 Å². The standard InChI is InChI=1S/C21H27NO3/c1-5-20(25-18-10-6-8-16(4)12-18)21(23)22-14-17-9-7-11-19(13-17)24-15(2)3/h6-13,15,20H,5,14H2,1-4H3,(H,22,23)/t20-/m1/s1. The normalized spacial score (nSPS) is 11.9. The van der Waals surface area contributed by atoms with Gasteiger partial charge in [0.2, 0.25) is 0 Å². The van der Waals surface area contributed by atoms with Gasteiger partial charge in [0, 0.05) is 6.54 Å². The molecule has 0 aliphatic heterocycles. The molecule has 0 aliphatic rings. The highest BCUT2D eigenvalue weighted by molar-refractivity contribution is 5.81. The van der Waals surface area contributed by atoms with Crippen molar-refractivity contribution >= 4 is 5.91 Å². The molecule has 0 spiro atoms. The molecular weight excluding hydrogens is 314 g/mol. The van der Waals surface area contributed by atoms with Crippen LogP contribution in [0.5, 0.6) is 11.5 Å². The third kappa shape index (κ3) is 6.14. The molecule has 1 atom stereocenters. The van der Waals surface area contributed by atoms with Crippen molar-refractivity contribution in [1.82, 2.24) is 5.32 Å². The number of rotatable bonds is 8. The monoisotopic (exact) mass is 341 g/mol. The average molecular weight is 341 g/mol. The number of benzene rings is 2. The van der Waals surface area contributed by atoms with E-state index in [1.54, 1.807) is 0 Å². The first kappa shape index (κ1) is 18.8. The summed E-state index contributed by atoms with van der Waals surface area (Å²) in [5.74, 6) is 1.42. The van der Waals surface area contributed by atoms with Crippen molar-refractivity contribution in [3.8, 4) is 11.5 Å². The van der Waals surface area contributed by atoms with Gasteiger partial charge in [0.25, 0.3) is 5.91 Å². The fourth-order valence-electron chi connectivity index (χ4n) is 2.48. The summed E-state index contributed by atoms with van der Waals surface area (Å²) in [6.45, 7) is 8.37. The molecule has 0 heterocycles. The van der Waals surface area contributed by atoms with E-state index in [0.717, 1.165) is 16.9 Å². The van der Waals surface area contributed by atoms with Gasteiger partial charge in [0.05, 0.1) is 6.10 Å². The van der Waals surface area contributed by atoms with E-state index in [1.807, 2.05) is 76.2 Å². The lowest BCUT2D eigenvalue weighted by Gasteiger charge is -2.18. The largest absolute Gasteiger partial charge is 0.491 e.